The number of hydrogen-bond acceptors (Lipinski definition) is 1. The van der Waals surface area contributed by atoms with E-state index in [9.17, 15) is 0 Å². The molecule has 1 atom stereocenters. The van der Waals surface area contributed by atoms with Crippen LogP contribution in [0.25, 0.3) is 0 Å². The van der Waals surface area contributed by atoms with Crippen LogP contribution in [0.5, 0.6) is 0 Å². The summed E-state index contributed by atoms with van der Waals surface area (Å²) in [6.07, 6.45) is 3.48. The van der Waals surface area contributed by atoms with Crippen LogP contribution in [-0.4, -0.2) is 6.04 Å². The van der Waals surface area contributed by atoms with Crippen molar-refractivity contribution in [1.29, 1.82) is 0 Å². The minimum atomic E-state index is 0.542. The number of benzene rings is 2. The molecule has 0 fully saturated rings. The van der Waals surface area contributed by atoms with Crippen LogP contribution in [-0.2, 0) is 19.4 Å². The zero-order valence-electron chi connectivity index (χ0n) is 11.2. The minimum Gasteiger partial charge on any atom is -0.310 e. The van der Waals surface area contributed by atoms with Crippen molar-refractivity contribution < 1.29 is 0 Å². The van der Waals surface area contributed by atoms with Crippen LogP contribution in [0.15, 0.2) is 46.9 Å². The Morgan fingerprint density at radius 1 is 1.15 bits per heavy atom. The summed E-state index contributed by atoms with van der Waals surface area (Å²) in [4.78, 5) is 0. The third-order valence-electron chi connectivity index (χ3n) is 3.94. The predicted molar refractivity (Wildman–Crippen MR) is 88.2 cm³/mol. The molecule has 0 saturated heterocycles. The topological polar surface area (TPSA) is 12.0 Å². The second-order valence-electron chi connectivity index (χ2n) is 5.33. The van der Waals surface area contributed by atoms with Crippen LogP contribution in [0, 0.1) is 0 Å². The lowest BCUT2D eigenvalue weighted by molar-refractivity contribution is 0.457. The fourth-order valence-electron chi connectivity index (χ4n) is 2.81. The number of fused-ring (bicyclic) bond motifs is 1. The summed E-state index contributed by atoms with van der Waals surface area (Å²) >= 11 is 9.73. The molecule has 0 amide bonds. The summed E-state index contributed by atoms with van der Waals surface area (Å²) in [6, 6.07) is 15.3. The third-order valence-corrected chi connectivity index (χ3v) is 4.80. The van der Waals surface area contributed by atoms with Gasteiger partial charge < -0.3 is 5.32 Å². The molecule has 1 aliphatic rings. The highest BCUT2D eigenvalue weighted by atomic mass is 79.9. The standard InChI is InChI=1S/C17H17BrClN/c18-15-6-8-17(19)14(9-15)11-20-16-7-5-12-3-1-2-4-13(12)10-16/h1-4,6,8-9,16,20H,5,7,10-11H2. The second kappa shape index (κ2) is 6.30. The van der Waals surface area contributed by atoms with Gasteiger partial charge in [-0.25, -0.2) is 0 Å². The molecule has 2 aromatic rings. The van der Waals surface area contributed by atoms with Crippen molar-refractivity contribution in [1.82, 2.24) is 5.32 Å². The molecule has 2 aromatic carbocycles. The van der Waals surface area contributed by atoms with Gasteiger partial charge >= 0.3 is 0 Å². The average Bonchev–Trinajstić information content (AvgIpc) is 2.48. The van der Waals surface area contributed by atoms with E-state index in [2.05, 4.69) is 51.6 Å². The minimum absolute atomic E-state index is 0.542. The van der Waals surface area contributed by atoms with Crippen molar-refractivity contribution in [2.45, 2.75) is 31.8 Å². The second-order valence-corrected chi connectivity index (χ2v) is 6.65. The average molecular weight is 351 g/mol. The highest BCUT2D eigenvalue weighted by Crippen LogP contribution is 2.23. The van der Waals surface area contributed by atoms with E-state index in [-0.39, 0.29) is 0 Å². The first-order chi connectivity index (χ1) is 9.72. The van der Waals surface area contributed by atoms with Crippen LogP contribution in [0.1, 0.15) is 23.1 Å². The van der Waals surface area contributed by atoms with E-state index in [4.69, 9.17) is 11.6 Å². The van der Waals surface area contributed by atoms with Gasteiger partial charge in [0.1, 0.15) is 0 Å². The molecule has 1 unspecified atom stereocenters. The molecular weight excluding hydrogens is 334 g/mol. The molecule has 0 spiro atoms. The highest BCUT2D eigenvalue weighted by Gasteiger charge is 2.17. The quantitative estimate of drug-likeness (QED) is 0.842. The largest absolute Gasteiger partial charge is 0.310 e. The zero-order chi connectivity index (χ0) is 13.9. The van der Waals surface area contributed by atoms with Crippen LogP contribution >= 0.6 is 27.5 Å². The molecule has 3 heteroatoms. The highest BCUT2D eigenvalue weighted by molar-refractivity contribution is 9.10. The number of rotatable bonds is 3. The third kappa shape index (κ3) is 3.25. The Labute approximate surface area is 133 Å². The number of nitrogens with one attached hydrogen (secondary N) is 1. The predicted octanol–water partition coefficient (Wildman–Crippen LogP) is 4.75. The monoisotopic (exact) mass is 349 g/mol. The molecule has 0 bridgehead atoms. The molecule has 0 radical (unpaired) electrons. The van der Waals surface area contributed by atoms with Gasteiger partial charge in [0.05, 0.1) is 0 Å². The molecule has 0 aromatic heterocycles. The smallest absolute Gasteiger partial charge is 0.0451 e. The van der Waals surface area contributed by atoms with Crippen molar-refractivity contribution >= 4 is 27.5 Å². The lowest BCUT2D eigenvalue weighted by Gasteiger charge is -2.25. The van der Waals surface area contributed by atoms with Crippen LogP contribution < -0.4 is 5.32 Å². The molecule has 1 N–H and O–H groups in total. The fraction of sp³-hybridized carbons (Fsp3) is 0.294. The van der Waals surface area contributed by atoms with Crippen LogP contribution in [0.3, 0.4) is 0 Å². The molecule has 0 aliphatic heterocycles. The van der Waals surface area contributed by atoms with Crippen molar-refractivity contribution in [2.75, 3.05) is 0 Å². The van der Waals surface area contributed by atoms with Gasteiger partial charge in [-0.05, 0) is 54.2 Å². The Kier molecular flexibility index (Phi) is 4.45. The van der Waals surface area contributed by atoms with E-state index < -0.39 is 0 Å². The first-order valence-corrected chi connectivity index (χ1v) is 8.13. The Morgan fingerprint density at radius 2 is 1.95 bits per heavy atom. The van der Waals surface area contributed by atoms with E-state index in [1.165, 1.54) is 24.0 Å². The lowest BCUT2D eigenvalue weighted by Crippen LogP contribution is -2.34. The van der Waals surface area contributed by atoms with Crippen LogP contribution in [0.2, 0.25) is 5.02 Å². The summed E-state index contributed by atoms with van der Waals surface area (Å²) < 4.78 is 1.08. The zero-order valence-corrected chi connectivity index (χ0v) is 13.5. The van der Waals surface area contributed by atoms with E-state index in [0.717, 1.165) is 28.0 Å². The van der Waals surface area contributed by atoms with Gasteiger partial charge in [-0.1, -0.05) is 51.8 Å². The van der Waals surface area contributed by atoms with Crippen LogP contribution in [0.4, 0.5) is 0 Å². The Balaban J connectivity index is 1.64. The van der Waals surface area contributed by atoms with Crippen molar-refractivity contribution in [3.05, 3.63) is 68.7 Å². The molecule has 1 nitrogen and oxygen atoms in total. The van der Waals surface area contributed by atoms with Crippen molar-refractivity contribution in [3.8, 4) is 0 Å². The molecular formula is C17H17BrClN. The van der Waals surface area contributed by atoms with Gasteiger partial charge in [-0.15, -0.1) is 0 Å². The molecule has 1 aliphatic carbocycles. The molecule has 20 heavy (non-hydrogen) atoms. The summed E-state index contributed by atoms with van der Waals surface area (Å²) in [5, 5.41) is 4.47. The lowest BCUT2D eigenvalue weighted by atomic mass is 9.88. The van der Waals surface area contributed by atoms with Gasteiger partial charge in [-0.3, -0.25) is 0 Å². The van der Waals surface area contributed by atoms with Gasteiger partial charge in [0.15, 0.2) is 0 Å². The Morgan fingerprint density at radius 3 is 2.80 bits per heavy atom. The molecule has 3 rings (SSSR count). The fourth-order valence-corrected chi connectivity index (χ4v) is 3.40. The summed E-state index contributed by atoms with van der Waals surface area (Å²) in [5.41, 5.74) is 4.14. The van der Waals surface area contributed by atoms with Crippen molar-refractivity contribution in [2.24, 2.45) is 0 Å². The van der Waals surface area contributed by atoms with Gasteiger partial charge in [0.2, 0.25) is 0 Å². The normalized spacial score (nSPS) is 17.8. The first kappa shape index (κ1) is 14.1. The maximum absolute atomic E-state index is 6.23. The van der Waals surface area contributed by atoms with Gasteiger partial charge in [-0.2, -0.15) is 0 Å². The van der Waals surface area contributed by atoms with E-state index in [1.807, 2.05) is 12.1 Å². The maximum Gasteiger partial charge on any atom is 0.0451 e. The van der Waals surface area contributed by atoms with Gasteiger partial charge in [0.25, 0.3) is 0 Å². The number of hydrogen-bond donors (Lipinski definition) is 1. The summed E-state index contributed by atoms with van der Waals surface area (Å²) in [6.45, 7) is 0.825. The first-order valence-electron chi connectivity index (χ1n) is 6.96. The van der Waals surface area contributed by atoms with E-state index in [0.29, 0.717) is 6.04 Å². The molecule has 104 valence electrons. The molecule has 0 heterocycles. The van der Waals surface area contributed by atoms with Gasteiger partial charge in [0, 0.05) is 22.1 Å². The molecule has 0 saturated carbocycles. The van der Waals surface area contributed by atoms with Crippen molar-refractivity contribution in [3.63, 3.8) is 0 Å². The number of aryl methyl sites for hydroxylation is 1. The summed E-state index contributed by atoms with van der Waals surface area (Å²) in [5.74, 6) is 0. The van der Waals surface area contributed by atoms with E-state index >= 15 is 0 Å². The number of halogens is 2. The Hall–Kier alpha value is -0.830. The van der Waals surface area contributed by atoms with E-state index in [1.54, 1.807) is 0 Å². The summed E-state index contributed by atoms with van der Waals surface area (Å²) in [7, 11) is 0. The Bertz CT molecular complexity index is 612. The maximum atomic E-state index is 6.23. The SMILES string of the molecule is Clc1ccc(Br)cc1CNC1CCc2ccccc2C1.